The van der Waals surface area contributed by atoms with E-state index in [1.54, 1.807) is 0 Å². The Morgan fingerprint density at radius 1 is 1.29 bits per heavy atom. The van der Waals surface area contributed by atoms with Crippen molar-refractivity contribution in [1.82, 2.24) is 0 Å². The van der Waals surface area contributed by atoms with Crippen molar-refractivity contribution in [2.75, 3.05) is 5.32 Å². The summed E-state index contributed by atoms with van der Waals surface area (Å²) in [6, 6.07) is 7.57. The Balaban J connectivity index is 2.89. The van der Waals surface area contributed by atoms with Crippen molar-refractivity contribution in [3.05, 3.63) is 39.2 Å². The van der Waals surface area contributed by atoms with Gasteiger partial charge in [-0.25, -0.2) is 0 Å². The molecule has 0 saturated heterocycles. The Bertz CT molecular complexity index is 476. The zero-order chi connectivity index (χ0) is 13.0. The predicted octanol–water partition coefficient (Wildman–Crippen LogP) is 3.45. The summed E-state index contributed by atoms with van der Waals surface area (Å²) in [4.78, 5) is 11.6. The summed E-state index contributed by atoms with van der Waals surface area (Å²) < 4.78 is 1.11. The maximum absolute atomic E-state index is 11.3. The normalized spacial score (nSPS) is 11.7. The van der Waals surface area contributed by atoms with Crippen LogP contribution in [0.15, 0.2) is 35.6 Å². The lowest BCUT2D eigenvalue weighted by molar-refractivity contribution is -0.113. The van der Waals surface area contributed by atoms with Crippen molar-refractivity contribution in [3.63, 3.8) is 0 Å². The zero-order valence-electron chi connectivity index (χ0n) is 9.45. The highest BCUT2D eigenvalue weighted by Crippen LogP contribution is 2.14. The number of anilines is 1. The van der Waals surface area contributed by atoms with Gasteiger partial charge in [0.05, 0.1) is 5.57 Å². The van der Waals surface area contributed by atoms with Gasteiger partial charge in [0.25, 0.3) is 0 Å². The Morgan fingerprint density at radius 3 is 2.24 bits per heavy atom. The van der Waals surface area contributed by atoms with E-state index in [0.717, 1.165) is 9.26 Å². The van der Waals surface area contributed by atoms with Crippen molar-refractivity contribution in [3.8, 4) is 0 Å². The molecule has 1 aromatic rings. The molecule has 0 bridgehead atoms. The number of carbonyl (C=O) groups excluding carboxylic acids is 1. The van der Waals surface area contributed by atoms with Crippen molar-refractivity contribution in [1.29, 1.82) is 0 Å². The molecule has 0 amide bonds. The number of hydrogen-bond acceptors (Lipinski definition) is 3. The highest BCUT2D eigenvalue weighted by atomic mass is 127. The van der Waals surface area contributed by atoms with Crippen LogP contribution in [0.1, 0.15) is 13.8 Å². The van der Waals surface area contributed by atoms with Gasteiger partial charge in [-0.2, -0.15) is 0 Å². The maximum atomic E-state index is 11.3. The Morgan fingerprint density at radius 2 is 1.82 bits per heavy atom. The minimum Gasteiger partial charge on any atom is -0.512 e. The lowest BCUT2D eigenvalue weighted by Gasteiger charge is -2.10. The molecular weight excluding hydrogens is 349 g/mol. The van der Waals surface area contributed by atoms with E-state index in [1.807, 2.05) is 24.3 Å². The first-order chi connectivity index (χ1) is 7.91. The lowest BCUT2D eigenvalue weighted by Crippen LogP contribution is -2.18. The standard InChI is InChI=1S/C12H12INO2S/c1-7(15)11(8(2)16)12(17)14-10-5-3-9(13)4-6-10/h3-6,15H,1-2H3,(H,14,17). The SMILES string of the molecule is CC(=O)C(C(=S)Nc1ccc(I)cc1)=C(C)O. The van der Waals surface area contributed by atoms with E-state index in [4.69, 9.17) is 12.2 Å². The molecule has 1 rings (SSSR count). The summed E-state index contributed by atoms with van der Waals surface area (Å²) in [5, 5.41) is 12.3. The Kier molecular flexibility index (Phi) is 5.07. The number of ketones is 1. The van der Waals surface area contributed by atoms with E-state index in [-0.39, 0.29) is 22.1 Å². The highest BCUT2D eigenvalue weighted by molar-refractivity contribution is 14.1. The van der Waals surface area contributed by atoms with Crippen LogP contribution in [0.2, 0.25) is 0 Å². The molecule has 2 N–H and O–H groups in total. The van der Waals surface area contributed by atoms with E-state index < -0.39 is 0 Å². The second-order valence-electron chi connectivity index (χ2n) is 3.48. The predicted molar refractivity (Wildman–Crippen MR) is 81.4 cm³/mol. The number of Topliss-reactive ketones (excluding diaryl/α,β-unsaturated/α-hetero) is 1. The van der Waals surface area contributed by atoms with E-state index in [0.29, 0.717) is 0 Å². The molecule has 0 unspecified atom stereocenters. The number of thiocarbonyl (C=S) groups is 1. The fourth-order valence-electron chi connectivity index (χ4n) is 1.31. The fraction of sp³-hybridized carbons (Fsp3) is 0.167. The molecule has 0 aliphatic rings. The number of aliphatic hydroxyl groups excluding tert-OH is 1. The number of nitrogens with one attached hydrogen (secondary N) is 1. The third-order valence-electron chi connectivity index (χ3n) is 2.04. The third kappa shape index (κ3) is 4.08. The van der Waals surface area contributed by atoms with E-state index in [2.05, 4.69) is 27.9 Å². The first-order valence-corrected chi connectivity index (χ1v) is 6.38. The maximum Gasteiger partial charge on any atom is 0.166 e. The average Bonchev–Trinajstić information content (AvgIpc) is 2.20. The topological polar surface area (TPSA) is 49.3 Å². The summed E-state index contributed by atoms with van der Waals surface area (Å²) >= 11 is 7.29. The van der Waals surface area contributed by atoms with Gasteiger partial charge in [0, 0.05) is 9.26 Å². The number of carbonyl (C=O) groups is 1. The average molecular weight is 361 g/mol. The number of benzene rings is 1. The minimum absolute atomic E-state index is 0.0690. The number of aliphatic hydroxyl groups is 1. The van der Waals surface area contributed by atoms with Crippen LogP contribution >= 0.6 is 34.8 Å². The Labute approximate surface area is 119 Å². The molecular formula is C12H12INO2S. The third-order valence-corrected chi connectivity index (χ3v) is 3.07. The monoisotopic (exact) mass is 361 g/mol. The molecule has 5 heteroatoms. The molecule has 90 valence electrons. The number of halogens is 1. The summed E-state index contributed by atoms with van der Waals surface area (Å²) in [7, 11) is 0. The van der Waals surface area contributed by atoms with E-state index in [1.165, 1.54) is 13.8 Å². The smallest absolute Gasteiger partial charge is 0.166 e. The van der Waals surface area contributed by atoms with Gasteiger partial charge in [-0.1, -0.05) is 12.2 Å². The molecule has 1 aromatic carbocycles. The first kappa shape index (κ1) is 14.1. The minimum atomic E-state index is -0.256. The molecule has 17 heavy (non-hydrogen) atoms. The van der Waals surface area contributed by atoms with Crippen molar-refractivity contribution in [2.45, 2.75) is 13.8 Å². The van der Waals surface area contributed by atoms with Crippen molar-refractivity contribution >= 4 is 51.3 Å². The molecule has 0 aromatic heterocycles. The molecule has 0 aliphatic heterocycles. The van der Waals surface area contributed by atoms with Gasteiger partial charge >= 0.3 is 0 Å². The van der Waals surface area contributed by atoms with E-state index >= 15 is 0 Å². The number of rotatable bonds is 3. The summed E-state index contributed by atoms with van der Waals surface area (Å²) in [6.07, 6.45) is 0. The molecule has 0 aliphatic carbocycles. The van der Waals surface area contributed by atoms with Crippen LogP contribution in [0, 0.1) is 3.57 Å². The van der Waals surface area contributed by atoms with Crippen LogP contribution in [0.25, 0.3) is 0 Å². The molecule has 0 spiro atoms. The number of hydrogen-bond donors (Lipinski definition) is 2. The summed E-state index contributed by atoms with van der Waals surface area (Å²) in [5.41, 5.74) is 0.939. The Hall–Kier alpha value is -0.950. The number of allylic oxidation sites excluding steroid dienone is 1. The fourth-order valence-corrected chi connectivity index (χ4v) is 2.07. The van der Waals surface area contributed by atoms with Gasteiger partial charge in [0.1, 0.15) is 10.7 Å². The summed E-state index contributed by atoms with van der Waals surface area (Å²) in [5.74, 6) is -0.325. The van der Waals surface area contributed by atoms with Gasteiger partial charge in [0.2, 0.25) is 0 Å². The molecule has 0 saturated carbocycles. The van der Waals surface area contributed by atoms with Crippen LogP contribution in [0.3, 0.4) is 0 Å². The molecule has 0 radical (unpaired) electrons. The van der Waals surface area contributed by atoms with Crippen LogP contribution in [-0.4, -0.2) is 15.9 Å². The second-order valence-corrected chi connectivity index (χ2v) is 5.13. The van der Waals surface area contributed by atoms with Gasteiger partial charge in [-0.3, -0.25) is 4.79 Å². The summed E-state index contributed by atoms with van der Waals surface area (Å²) in [6.45, 7) is 2.82. The largest absolute Gasteiger partial charge is 0.512 e. The van der Waals surface area contributed by atoms with Crippen LogP contribution in [-0.2, 0) is 4.79 Å². The van der Waals surface area contributed by atoms with Crippen molar-refractivity contribution in [2.24, 2.45) is 0 Å². The van der Waals surface area contributed by atoms with Crippen LogP contribution < -0.4 is 5.32 Å². The van der Waals surface area contributed by atoms with Crippen molar-refractivity contribution < 1.29 is 9.90 Å². The van der Waals surface area contributed by atoms with Crippen LogP contribution in [0.4, 0.5) is 5.69 Å². The molecule has 0 heterocycles. The molecule has 3 nitrogen and oxygen atoms in total. The highest BCUT2D eigenvalue weighted by Gasteiger charge is 2.14. The van der Waals surface area contributed by atoms with Crippen LogP contribution in [0.5, 0.6) is 0 Å². The van der Waals surface area contributed by atoms with Gasteiger partial charge in [-0.05, 0) is 60.7 Å². The zero-order valence-corrected chi connectivity index (χ0v) is 12.4. The first-order valence-electron chi connectivity index (χ1n) is 4.89. The quantitative estimate of drug-likeness (QED) is 0.375. The van der Waals surface area contributed by atoms with Gasteiger partial charge in [-0.15, -0.1) is 0 Å². The second kappa shape index (κ2) is 6.11. The van der Waals surface area contributed by atoms with Gasteiger partial charge < -0.3 is 10.4 Å². The molecule has 0 fully saturated rings. The van der Waals surface area contributed by atoms with Gasteiger partial charge in [0.15, 0.2) is 5.78 Å². The lowest BCUT2D eigenvalue weighted by atomic mass is 10.1. The molecule has 0 atom stereocenters. The van der Waals surface area contributed by atoms with E-state index in [9.17, 15) is 9.90 Å².